The second-order valence-electron chi connectivity index (χ2n) is 8.05. The highest BCUT2D eigenvalue weighted by atomic mass is 19.4. The quantitative estimate of drug-likeness (QED) is 0.452. The normalized spacial score (nSPS) is 17.4. The number of rotatable bonds is 9. The molecule has 174 valence electrons. The number of alkyl halides is 3. The van der Waals surface area contributed by atoms with Crippen LogP contribution < -0.4 is 15.4 Å². The topological polar surface area (TPSA) is 48.9 Å². The maximum atomic E-state index is 12.2. The molecule has 0 bridgehead atoms. The van der Waals surface area contributed by atoms with Gasteiger partial charge in [-0.1, -0.05) is 42.5 Å². The molecule has 1 aliphatic heterocycles. The maximum absolute atomic E-state index is 12.2. The fraction of sp³-hybridized carbons (Fsp3) is 0.458. The largest absolute Gasteiger partial charge is 0.484 e. The van der Waals surface area contributed by atoms with Crippen LogP contribution in [0.2, 0.25) is 0 Å². The van der Waals surface area contributed by atoms with Crippen LogP contribution in [0.25, 0.3) is 0 Å². The van der Waals surface area contributed by atoms with Crippen LogP contribution in [0.1, 0.15) is 17.5 Å². The fourth-order valence-corrected chi connectivity index (χ4v) is 3.73. The second-order valence-corrected chi connectivity index (χ2v) is 8.05. The number of guanidine groups is 1. The smallest absolute Gasteiger partial charge is 0.422 e. The first kappa shape index (κ1) is 23.9. The Bertz CT molecular complexity index is 841. The summed E-state index contributed by atoms with van der Waals surface area (Å²) >= 11 is 0. The molecular formula is C24H31F3N4O. The Kier molecular flexibility index (Phi) is 8.79. The van der Waals surface area contributed by atoms with Gasteiger partial charge in [-0.15, -0.1) is 0 Å². The van der Waals surface area contributed by atoms with E-state index in [1.807, 2.05) is 6.07 Å². The summed E-state index contributed by atoms with van der Waals surface area (Å²) in [6.45, 7) is 3.37. The summed E-state index contributed by atoms with van der Waals surface area (Å²) in [5.41, 5.74) is 2.30. The van der Waals surface area contributed by atoms with E-state index in [0.717, 1.165) is 44.6 Å². The van der Waals surface area contributed by atoms with Crippen LogP contribution in [-0.2, 0) is 13.0 Å². The number of hydrogen-bond acceptors (Lipinski definition) is 3. The molecule has 0 aromatic heterocycles. The standard InChI is InChI=1S/C24H31F3N4O/c1-28-23(29-15-20-7-9-22(10-8-20)32-18-24(25,26)27)30-16-21-12-14-31(17-21)13-11-19-5-3-2-4-6-19/h2-10,21H,11-18H2,1H3,(H2,28,29,30). The van der Waals surface area contributed by atoms with E-state index in [0.29, 0.717) is 18.4 Å². The molecule has 32 heavy (non-hydrogen) atoms. The van der Waals surface area contributed by atoms with Crippen molar-refractivity contribution in [3.63, 3.8) is 0 Å². The lowest BCUT2D eigenvalue weighted by Crippen LogP contribution is -2.40. The summed E-state index contributed by atoms with van der Waals surface area (Å²) in [5, 5.41) is 6.63. The van der Waals surface area contributed by atoms with Gasteiger partial charge < -0.3 is 20.3 Å². The van der Waals surface area contributed by atoms with Crippen molar-refractivity contribution in [2.24, 2.45) is 10.9 Å². The molecule has 1 heterocycles. The third kappa shape index (κ3) is 8.42. The van der Waals surface area contributed by atoms with Gasteiger partial charge in [-0.3, -0.25) is 4.99 Å². The number of halogens is 3. The van der Waals surface area contributed by atoms with E-state index in [1.54, 1.807) is 31.3 Å². The van der Waals surface area contributed by atoms with Crippen LogP contribution >= 0.6 is 0 Å². The number of likely N-dealkylation sites (tertiary alicyclic amines) is 1. The van der Waals surface area contributed by atoms with Crippen LogP contribution in [0.5, 0.6) is 5.75 Å². The molecular weight excluding hydrogens is 417 g/mol. The molecule has 2 aromatic rings. The average Bonchev–Trinajstić information content (AvgIpc) is 3.25. The molecule has 0 saturated carbocycles. The Labute approximate surface area is 187 Å². The van der Waals surface area contributed by atoms with Crippen molar-refractivity contribution in [1.82, 2.24) is 15.5 Å². The summed E-state index contributed by atoms with van der Waals surface area (Å²) in [4.78, 5) is 6.78. The minimum absolute atomic E-state index is 0.201. The molecule has 1 fully saturated rings. The molecule has 5 nitrogen and oxygen atoms in total. The zero-order valence-electron chi connectivity index (χ0n) is 18.4. The summed E-state index contributed by atoms with van der Waals surface area (Å²) in [7, 11) is 1.73. The number of benzene rings is 2. The van der Waals surface area contributed by atoms with Gasteiger partial charge in [-0.2, -0.15) is 13.2 Å². The van der Waals surface area contributed by atoms with Gasteiger partial charge in [0.05, 0.1) is 0 Å². The van der Waals surface area contributed by atoms with E-state index in [2.05, 4.69) is 44.8 Å². The van der Waals surface area contributed by atoms with E-state index in [9.17, 15) is 13.2 Å². The molecule has 0 radical (unpaired) electrons. The van der Waals surface area contributed by atoms with Crippen LogP contribution in [0, 0.1) is 5.92 Å². The molecule has 0 aliphatic carbocycles. The van der Waals surface area contributed by atoms with Crippen LogP contribution in [0.3, 0.4) is 0 Å². The third-order valence-electron chi connectivity index (χ3n) is 5.50. The monoisotopic (exact) mass is 448 g/mol. The molecule has 1 aliphatic rings. The van der Waals surface area contributed by atoms with Crippen molar-refractivity contribution in [3.8, 4) is 5.75 Å². The first-order valence-corrected chi connectivity index (χ1v) is 10.9. The van der Waals surface area contributed by atoms with E-state index in [4.69, 9.17) is 4.74 Å². The van der Waals surface area contributed by atoms with Crippen LogP contribution in [0.15, 0.2) is 59.6 Å². The maximum Gasteiger partial charge on any atom is 0.422 e. The lowest BCUT2D eigenvalue weighted by Gasteiger charge is -2.17. The number of ether oxygens (including phenoxy) is 1. The lowest BCUT2D eigenvalue weighted by atomic mass is 10.1. The van der Waals surface area contributed by atoms with Gasteiger partial charge in [-0.05, 0) is 48.6 Å². The Balaban J connectivity index is 1.34. The summed E-state index contributed by atoms with van der Waals surface area (Å²) in [5.74, 6) is 1.49. The third-order valence-corrected chi connectivity index (χ3v) is 5.50. The van der Waals surface area contributed by atoms with E-state index < -0.39 is 12.8 Å². The number of nitrogens with one attached hydrogen (secondary N) is 2. The Morgan fingerprint density at radius 1 is 1.06 bits per heavy atom. The van der Waals surface area contributed by atoms with Crippen molar-refractivity contribution in [2.75, 3.05) is 39.8 Å². The fourth-order valence-electron chi connectivity index (χ4n) is 3.73. The Hall–Kier alpha value is -2.74. The minimum atomic E-state index is -4.34. The number of aliphatic imine (C=N–C) groups is 1. The summed E-state index contributed by atoms with van der Waals surface area (Å²) in [6.07, 6.45) is -2.10. The van der Waals surface area contributed by atoms with Crippen molar-refractivity contribution in [2.45, 2.75) is 25.6 Å². The van der Waals surface area contributed by atoms with Crippen LogP contribution in [0.4, 0.5) is 13.2 Å². The SMILES string of the molecule is CN=C(NCc1ccc(OCC(F)(F)F)cc1)NCC1CCN(CCc2ccccc2)C1. The van der Waals surface area contributed by atoms with Gasteiger partial charge in [0.15, 0.2) is 12.6 Å². The highest BCUT2D eigenvalue weighted by Gasteiger charge is 2.28. The summed E-state index contributed by atoms with van der Waals surface area (Å²) in [6, 6.07) is 17.1. The Morgan fingerprint density at radius 3 is 2.50 bits per heavy atom. The Morgan fingerprint density at radius 2 is 1.81 bits per heavy atom. The first-order chi connectivity index (χ1) is 15.4. The minimum Gasteiger partial charge on any atom is -0.484 e. The van der Waals surface area contributed by atoms with Crippen molar-refractivity contribution >= 4 is 5.96 Å². The van der Waals surface area contributed by atoms with Gasteiger partial charge in [0.2, 0.25) is 0 Å². The predicted octanol–water partition coefficient (Wildman–Crippen LogP) is 3.86. The van der Waals surface area contributed by atoms with Gasteiger partial charge in [-0.25, -0.2) is 0 Å². The lowest BCUT2D eigenvalue weighted by molar-refractivity contribution is -0.153. The highest BCUT2D eigenvalue weighted by Crippen LogP contribution is 2.19. The molecule has 2 N–H and O–H groups in total. The molecule has 2 aromatic carbocycles. The highest BCUT2D eigenvalue weighted by molar-refractivity contribution is 5.79. The zero-order chi connectivity index (χ0) is 22.8. The number of hydrogen-bond donors (Lipinski definition) is 2. The second kappa shape index (κ2) is 11.8. The molecule has 1 unspecified atom stereocenters. The van der Waals surface area contributed by atoms with E-state index in [1.165, 1.54) is 5.56 Å². The van der Waals surface area contributed by atoms with Crippen molar-refractivity contribution < 1.29 is 17.9 Å². The van der Waals surface area contributed by atoms with Crippen LogP contribution in [-0.4, -0.2) is 56.9 Å². The zero-order valence-corrected chi connectivity index (χ0v) is 18.4. The predicted molar refractivity (Wildman–Crippen MR) is 121 cm³/mol. The molecule has 0 amide bonds. The molecule has 0 spiro atoms. The molecule has 1 saturated heterocycles. The van der Waals surface area contributed by atoms with Crippen molar-refractivity contribution in [3.05, 3.63) is 65.7 Å². The van der Waals surface area contributed by atoms with Gasteiger partial charge >= 0.3 is 6.18 Å². The van der Waals surface area contributed by atoms with E-state index >= 15 is 0 Å². The molecule has 3 rings (SSSR count). The van der Waals surface area contributed by atoms with E-state index in [-0.39, 0.29) is 5.75 Å². The average molecular weight is 449 g/mol. The molecule has 1 atom stereocenters. The first-order valence-electron chi connectivity index (χ1n) is 10.9. The van der Waals surface area contributed by atoms with Gasteiger partial charge in [0.1, 0.15) is 5.75 Å². The van der Waals surface area contributed by atoms with Gasteiger partial charge in [0, 0.05) is 33.2 Å². The number of nitrogens with zero attached hydrogens (tertiary/aromatic N) is 2. The van der Waals surface area contributed by atoms with Crippen molar-refractivity contribution in [1.29, 1.82) is 0 Å². The van der Waals surface area contributed by atoms with Gasteiger partial charge in [0.25, 0.3) is 0 Å². The molecule has 8 heteroatoms. The summed E-state index contributed by atoms with van der Waals surface area (Å²) < 4.78 is 41.4.